The zero-order valence-electron chi connectivity index (χ0n) is 19.6. The van der Waals surface area contributed by atoms with Gasteiger partial charge in [0.25, 0.3) is 0 Å². The van der Waals surface area contributed by atoms with Crippen molar-refractivity contribution >= 4 is 11.9 Å². The van der Waals surface area contributed by atoms with Crippen LogP contribution in [0.15, 0.2) is 54.3 Å². The van der Waals surface area contributed by atoms with Crippen molar-refractivity contribution in [3.05, 3.63) is 71.0 Å². The molecule has 8 heteroatoms. The van der Waals surface area contributed by atoms with Crippen LogP contribution < -0.4 is 4.74 Å². The van der Waals surface area contributed by atoms with Crippen molar-refractivity contribution in [2.24, 2.45) is 0 Å². The van der Waals surface area contributed by atoms with Crippen LogP contribution in [-0.4, -0.2) is 58.4 Å². The maximum absolute atomic E-state index is 13.3. The van der Waals surface area contributed by atoms with Gasteiger partial charge in [-0.25, -0.2) is 4.79 Å². The molecule has 2 heterocycles. The SMILES string of the molecule is CC(=O)OC(C(=O)OC1=CC[C@@]2(O)[C@H]3Cc4ccc(O)c5c4[C@@]2(CCN3C)[C@H]1O5)c1ccccc1. The van der Waals surface area contributed by atoms with E-state index in [1.54, 1.807) is 42.5 Å². The highest BCUT2D eigenvalue weighted by Crippen LogP contribution is 2.65. The molecule has 1 unspecified atom stereocenters. The van der Waals surface area contributed by atoms with E-state index in [0.717, 1.165) is 17.7 Å². The van der Waals surface area contributed by atoms with E-state index in [0.29, 0.717) is 24.2 Å². The van der Waals surface area contributed by atoms with E-state index in [1.165, 1.54) is 6.92 Å². The molecule has 35 heavy (non-hydrogen) atoms. The van der Waals surface area contributed by atoms with Crippen molar-refractivity contribution in [3.8, 4) is 11.5 Å². The van der Waals surface area contributed by atoms with E-state index < -0.39 is 35.2 Å². The van der Waals surface area contributed by atoms with Gasteiger partial charge in [0, 0.05) is 30.5 Å². The number of hydrogen-bond acceptors (Lipinski definition) is 8. The van der Waals surface area contributed by atoms with Gasteiger partial charge >= 0.3 is 11.9 Å². The van der Waals surface area contributed by atoms with Gasteiger partial charge in [-0.3, -0.25) is 4.79 Å². The molecule has 0 amide bonds. The number of phenolic OH excluding ortho intramolecular Hbond substituents is 1. The van der Waals surface area contributed by atoms with Gasteiger partial charge in [-0.15, -0.1) is 0 Å². The van der Waals surface area contributed by atoms with E-state index in [-0.39, 0.29) is 24.0 Å². The number of ether oxygens (including phenoxy) is 3. The predicted octanol–water partition coefficient (Wildman–Crippen LogP) is 2.52. The number of aliphatic hydroxyl groups is 1. The third-order valence-corrected chi connectivity index (χ3v) is 8.17. The average Bonchev–Trinajstić information content (AvgIpc) is 3.20. The van der Waals surface area contributed by atoms with Gasteiger partial charge in [0.15, 0.2) is 17.6 Å². The Morgan fingerprint density at radius 2 is 1.97 bits per heavy atom. The number of phenols is 1. The molecule has 2 bridgehead atoms. The van der Waals surface area contributed by atoms with Gasteiger partial charge in [0.1, 0.15) is 5.76 Å². The Bertz CT molecular complexity index is 1260. The first kappa shape index (κ1) is 22.1. The Morgan fingerprint density at radius 3 is 2.71 bits per heavy atom. The average molecular weight is 478 g/mol. The monoisotopic (exact) mass is 477 g/mol. The van der Waals surface area contributed by atoms with Gasteiger partial charge in [-0.2, -0.15) is 0 Å². The van der Waals surface area contributed by atoms with Crippen LogP contribution in [0.3, 0.4) is 0 Å². The molecule has 8 nitrogen and oxygen atoms in total. The highest BCUT2D eigenvalue weighted by Gasteiger charge is 2.72. The van der Waals surface area contributed by atoms with Crippen LogP contribution in [0, 0.1) is 0 Å². The lowest BCUT2D eigenvalue weighted by Gasteiger charge is -2.61. The summed E-state index contributed by atoms with van der Waals surface area (Å²) in [6, 6.07) is 12.0. The number of rotatable bonds is 4. The van der Waals surface area contributed by atoms with Gasteiger partial charge < -0.3 is 29.3 Å². The molecule has 1 spiro atoms. The first-order valence-electron chi connectivity index (χ1n) is 11.8. The Hall–Kier alpha value is -3.36. The lowest BCUT2D eigenvalue weighted by Crippen LogP contribution is -2.74. The smallest absolute Gasteiger partial charge is 0.357 e. The second-order valence-electron chi connectivity index (χ2n) is 9.92. The zero-order chi connectivity index (χ0) is 24.5. The van der Waals surface area contributed by atoms with Gasteiger partial charge in [0.2, 0.25) is 6.10 Å². The molecular weight excluding hydrogens is 450 g/mol. The molecule has 4 aliphatic rings. The lowest BCUT2D eigenvalue weighted by atomic mass is 9.50. The third kappa shape index (κ3) is 2.93. The summed E-state index contributed by atoms with van der Waals surface area (Å²) < 4.78 is 17.5. The molecule has 2 aliphatic heterocycles. The van der Waals surface area contributed by atoms with Crippen LogP contribution in [0.4, 0.5) is 0 Å². The number of likely N-dealkylation sites (N-methyl/N-ethyl adjacent to an activating group) is 1. The molecule has 2 aromatic rings. The minimum Gasteiger partial charge on any atom is -0.504 e. The predicted molar refractivity (Wildman–Crippen MR) is 124 cm³/mol. The van der Waals surface area contributed by atoms with Crippen molar-refractivity contribution in [3.63, 3.8) is 0 Å². The molecular formula is C27H27NO7. The third-order valence-electron chi connectivity index (χ3n) is 8.17. The molecule has 2 aliphatic carbocycles. The van der Waals surface area contributed by atoms with Gasteiger partial charge in [-0.1, -0.05) is 36.4 Å². The van der Waals surface area contributed by atoms with Crippen LogP contribution in [0.2, 0.25) is 0 Å². The fourth-order valence-corrected chi connectivity index (χ4v) is 6.65. The first-order chi connectivity index (χ1) is 16.8. The fraction of sp³-hybridized carbons (Fsp3) is 0.407. The number of likely N-dealkylation sites (tertiary alicyclic amines) is 1. The van der Waals surface area contributed by atoms with E-state index in [1.807, 2.05) is 13.1 Å². The van der Waals surface area contributed by atoms with E-state index in [9.17, 15) is 19.8 Å². The Morgan fingerprint density at radius 1 is 1.20 bits per heavy atom. The summed E-state index contributed by atoms with van der Waals surface area (Å²) in [6.45, 7) is 1.96. The Kier molecular flexibility index (Phi) is 4.78. The molecule has 5 atom stereocenters. The first-order valence-corrected chi connectivity index (χ1v) is 11.8. The summed E-state index contributed by atoms with van der Waals surface area (Å²) >= 11 is 0. The summed E-state index contributed by atoms with van der Waals surface area (Å²) in [7, 11) is 2.01. The standard InChI is InChI=1S/C27H27NO7/c1-15(29)33-22(16-6-4-3-5-7-16)25(31)34-19-10-11-27(32)20-14-17-8-9-18(30)23-21(17)26(27,24(19)35-23)12-13-28(20)2/h3-10,20,22,24,30,32H,11-14H2,1-2H3/t20-,22?,24+,26+,27-/m1/s1. The number of nitrogens with zero attached hydrogens (tertiary/aromatic N) is 1. The molecule has 0 saturated carbocycles. The molecule has 2 N–H and O–H groups in total. The quantitative estimate of drug-likeness (QED) is 0.648. The van der Waals surface area contributed by atoms with Crippen LogP contribution in [0.1, 0.15) is 42.6 Å². The topological polar surface area (TPSA) is 106 Å². The van der Waals surface area contributed by atoms with Crippen molar-refractivity contribution < 1.29 is 34.0 Å². The normalized spacial score (nSPS) is 31.0. The molecule has 1 fully saturated rings. The van der Waals surface area contributed by atoms with Crippen LogP contribution in [0.25, 0.3) is 0 Å². The maximum atomic E-state index is 13.3. The number of carbonyl (C=O) groups is 2. The van der Waals surface area contributed by atoms with E-state index >= 15 is 0 Å². The van der Waals surface area contributed by atoms with Crippen LogP contribution in [0.5, 0.6) is 11.5 Å². The molecule has 182 valence electrons. The number of aromatic hydroxyl groups is 1. The number of esters is 2. The molecule has 6 rings (SSSR count). The van der Waals surface area contributed by atoms with Crippen molar-refractivity contribution in [2.75, 3.05) is 13.6 Å². The second-order valence-corrected chi connectivity index (χ2v) is 9.92. The molecule has 1 saturated heterocycles. The summed E-state index contributed by atoms with van der Waals surface area (Å²) in [5.41, 5.74) is 0.319. The Labute approximate surface area is 202 Å². The number of piperidine rings is 1. The van der Waals surface area contributed by atoms with Crippen molar-refractivity contribution in [1.82, 2.24) is 4.90 Å². The van der Waals surface area contributed by atoms with Gasteiger partial charge in [-0.05, 0) is 44.1 Å². The fourth-order valence-electron chi connectivity index (χ4n) is 6.65. The maximum Gasteiger partial charge on any atom is 0.357 e. The second kappa shape index (κ2) is 7.57. The summed E-state index contributed by atoms with van der Waals surface area (Å²) in [5.74, 6) is -0.744. The highest BCUT2D eigenvalue weighted by molar-refractivity contribution is 5.81. The summed E-state index contributed by atoms with van der Waals surface area (Å²) in [4.78, 5) is 27.3. The largest absolute Gasteiger partial charge is 0.504 e. The summed E-state index contributed by atoms with van der Waals surface area (Å²) in [6.07, 6.45) is 1.15. The van der Waals surface area contributed by atoms with Crippen LogP contribution >= 0.6 is 0 Å². The zero-order valence-corrected chi connectivity index (χ0v) is 19.6. The lowest BCUT2D eigenvalue weighted by molar-refractivity contribution is -0.176. The van der Waals surface area contributed by atoms with Gasteiger partial charge in [0.05, 0.1) is 11.0 Å². The van der Waals surface area contributed by atoms with Crippen molar-refractivity contribution in [2.45, 2.75) is 55.5 Å². The van der Waals surface area contributed by atoms with E-state index in [2.05, 4.69) is 4.90 Å². The minimum atomic E-state index is -1.24. The van der Waals surface area contributed by atoms with Crippen molar-refractivity contribution in [1.29, 1.82) is 0 Å². The molecule has 0 aromatic heterocycles. The molecule has 2 aromatic carbocycles. The molecule has 0 radical (unpaired) electrons. The van der Waals surface area contributed by atoms with E-state index in [4.69, 9.17) is 14.2 Å². The summed E-state index contributed by atoms with van der Waals surface area (Å²) in [5, 5.41) is 22.8. The Balaban J connectivity index is 1.41. The number of hydrogen-bond donors (Lipinski definition) is 2. The minimum absolute atomic E-state index is 0.00000434. The van der Waals surface area contributed by atoms with Crippen LogP contribution in [-0.2, 0) is 30.9 Å². The number of benzene rings is 2. The number of carbonyl (C=O) groups excluding carboxylic acids is 2. The highest BCUT2D eigenvalue weighted by atomic mass is 16.6.